The zero-order valence-corrected chi connectivity index (χ0v) is 16.5. The van der Waals surface area contributed by atoms with Crippen molar-refractivity contribution in [3.05, 3.63) is 40.0 Å². The summed E-state index contributed by atoms with van der Waals surface area (Å²) in [4.78, 5) is 14.2. The number of hydrogen-bond donors (Lipinski definition) is 0. The molecule has 0 saturated carbocycles. The molecule has 8 heteroatoms. The van der Waals surface area contributed by atoms with E-state index in [2.05, 4.69) is 21.0 Å². The van der Waals surface area contributed by atoms with Crippen molar-refractivity contribution in [1.29, 1.82) is 0 Å². The number of benzene rings is 1. The molecule has 0 N–H and O–H groups in total. The number of rotatable bonds is 4. The van der Waals surface area contributed by atoms with Crippen molar-refractivity contribution in [3.63, 3.8) is 0 Å². The first-order valence-electron chi connectivity index (χ1n) is 7.59. The van der Waals surface area contributed by atoms with Gasteiger partial charge < -0.3 is 4.90 Å². The Bertz CT molecular complexity index is 850. The smallest absolute Gasteiger partial charge is 0.323 e. The monoisotopic (exact) mass is 413 g/mol. The van der Waals surface area contributed by atoms with Crippen LogP contribution in [0.25, 0.3) is 0 Å². The average Bonchev–Trinajstić information content (AvgIpc) is 2.90. The maximum Gasteiger partial charge on any atom is 0.344 e. The topological polar surface area (TPSA) is 72.3 Å². The zero-order chi connectivity index (χ0) is 18.1. The second-order valence-corrected chi connectivity index (χ2v) is 8.06. The highest BCUT2D eigenvalue weighted by Gasteiger charge is 2.29. The van der Waals surface area contributed by atoms with Crippen LogP contribution in [0, 0.1) is 13.8 Å². The summed E-state index contributed by atoms with van der Waals surface area (Å²) in [7, 11) is -3.83. The molecule has 1 aromatic carbocycles. The van der Waals surface area contributed by atoms with Crippen molar-refractivity contribution >= 4 is 31.8 Å². The van der Waals surface area contributed by atoms with Crippen LogP contribution < -0.4 is 0 Å². The van der Waals surface area contributed by atoms with Crippen LogP contribution in [-0.2, 0) is 9.84 Å². The summed E-state index contributed by atoms with van der Waals surface area (Å²) in [6.45, 7) is 8.23. The summed E-state index contributed by atoms with van der Waals surface area (Å²) in [5.74, 6) is 0. The lowest BCUT2D eigenvalue weighted by Crippen LogP contribution is -2.34. The predicted octanol–water partition coefficient (Wildman–Crippen LogP) is 3.41. The molecule has 0 atom stereocenters. The first kappa shape index (κ1) is 18.7. The van der Waals surface area contributed by atoms with Gasteiger partial charge in [-0.05, 0) is 54.8 Å². The van der Waals surface area contributed by atoms with E-state index in [4.69, 9.17) is 0 Å². The van der Waals surface area contributed by atoms with E-state index in [-0.39, 0.29) is 20.4 Å². The van der Waals surface area contributed by atoms with Crippen LogP contribution in [0.15, 0.2) is 38.8 Å². The molecule has 1 aromatic heterocycles. The Labute approximate surface area is 150 Å². The maximum atomic E-state index is 13.0. The van der Waals surface area contributed by atoms with Gasteiger partial charge in [0, 0.05) is 13.1 Å². The largest absolute Gasteiger partial charge is 0.344 e. The van der Waals surface area contributed by atoms with E-state index in [0.717, 1.165) is 4.68 Å². The molecule has 0 unspecified atom stereocenters. The molecule has 2 rings (SSSR count). The Balaban J connectivity index is 2.56. The Morgan fingerprint density at radius 1 is 1.21 bits per heavy atom. The third-order valence-electron chi connectivity index (χ3n) is 3.80. The molecule has 130 valence electrons. The lowest BCUT2D eigenvalue weighted by atomic mass is 10.2. The van der Waals surface area contributed by atoms with Gasteiger partial charge >= 0.3 is 6.03 Å². The quantitative estimate of drug-likeness (QED) is 0.769. The van der Waals surface area contributed by atoms with E-state index in [1.54, 1.807) is 36.9 Å². The molecule has 24 heavy (non-hydrogen) atoms. The second-order valence-electron chi connectivity index (χ2n) is 5.41. The van der Waals surface area contributed by atoms with E-state index in [1.165, 1.54) is 6.20 Å². The molecule has 0 aliphatic carbocycles. The lowest BCUT2D eigenvalue weighted by molar-refractivity contribution is 0.201. The number of halogens is 1. The fourth-order valence-corrected chi connectivity index (χ4v) is 5.17. The van der Waals surface area contributed by atoms with Crippen molar-refractivity contribution in [1.82, 2.24) is 14.7 Å². The third kappa shape index (κ3) is 3.25. The van der Waals surface area contributed by atoms with Crippen LogP contribution in [-0.4, -0.2) is 42.2 Å². The summed E-state index contributed by atoms with van der Waals surface area (Å²) in [6.07, 6.45) is 1.39. The Morgan fingerprint density at radius 2 is 1.75 bits per heavy atom. The molecule has 0 bridgehead atoms. The summed E-state index contributed by atoms with van der Waals surface area (Å²) < 4.78 is 27.4. The minimum Gasteiger partial charge on any atom is -0.323 e. The van der Waals surface area contributed by atoms with Crippen molar-refractivity contribution in [3.8, 4) is 0 Å². The summed E-state index contributed by atoms with van der Waals surface area (Å²) in [5.41, 5.74) is 1.29. The zero-order valence-electron chi connectivity index (χ0n) is 14.1. The maximum absolute atomic E-state index is 13.0. The van der Waals surface area contributed by atoms with Crippen molar-refractivity contribution < 1.29 is 13.2 Å². The first-order valence-corrected chi connectivity index (χ1v) is 9.87. The summed E-state index contributed by atoms with van der Waals surface area (Å²) in [6, 6.07) is 4.93. The van der Waals surface area contributed by atoms with E-state index in [9.17, 15) is 13.2 Å². The number of amides is 1. The molecule has 0 spiro atoms. The van der Waals surface area contributed by atoms with E-state index < -0.39 is 9.84 Å². The number of nitrogens with zero attached hydrogens (tertiary/aromatic N) is 3. The van der Waals surface area contributed by atoms with Crippen LogP contribution in [0.3, 0.4) is 0 Å². The van der Waals surface area contributed by atoms with Gasteiger partial charge in [0.25, 0.3) is 0 Å². The number of aromatic nitrogens is 2. The molecule has 1 heterocycles. The van der Waals surface area contributed by atoms with Gasteiger partial charge in [-0.25, -0.2) is 13.2 Å². The van der Waals surface area contributed by atoms with Gasteiger partial charge in [0.05, 0.1) is 15.6 Å². The van der Waals surface area contributed by atoms with Crippen LogP contribution in [0.5, 0.6) is 0 Å². The normalized spacial score (nSPS) is 11.5. The molecular weight excluding hydrogens is 394 g/mol. The van der Waals surface area contributed by atoms with Gasteiger partial charge in [-0.1, -0.05) is 18.2 Å². The lowest BCUT2D eigenvalue weighted by Gasteiger charge is -2.17. The Kier molecular flexibility index (Phi) is 5.49. The second kappa shape index (κ2) is 7.06. The highest BCUT2D eigenvalue weighted by molar-refractivity contribution is 9.10. The third-order valence-corrected chi connectivity index (χ3v) is 6.64. The molecule has 6 nitrogen and oxygen atoms in total. The summed E-state index contributed by atoms with van der Waals surface area (Å²) in [5, 5.41) is 3.90. The van der Waals surface area contributed by atoms with Crippen molar-refractivity contribution in [2.75, 3.05) is 13.1 Å². The van der Waals surface area contributed by atoms with Gasteiger partial charge in [-0.3, -0.25) is 0 Å². The van der Waals surface area contributed by atoms with Crippen LogP contribution in [0.2, 0.25) is 0 Å². The predicted molar refractivity (Wildman–Crippen MR) is 95.0 cm³/mol. The standard InChI is InChI=1S/C16H20BrN3O3S/c1-5-19(6-2)16(21)20-10-13(17)15(18-20)24(22,23)14-11(3)8-7-9-12(14)4/h7-10H,5-6H2,1-4H3. The minimum absolute atomic E-state index is 0.152. The van der Waals surface area contributed by atoms with Crippen LogP contribution in [0.1, 0.15) is 25.0 Å². The average molecular weight is 414 g/mol. The number of aryl methyl sites for hydroxylation is 2. The van der Waals surface area contributed by atoms with Crippen LogP contribution >= 0.6 is 15.9 Å². The number of carbonyl (C=O) groups excluding carboxylic acids is 1. The van der Waals surface area contributed by atoms with E-state index in [1.807, 2.05) is 13.8 Å². The van der Waals surface area contributed by atoms with E-state index >= 15 is 0 Å². The molecule has 0 radical (unpaired) electrons. The van der Waals surface area contributed by atoms with Gasteiger partial charge in [0.2, 0.25) is 9.84 Å². The number of sulfone groups is 1. The Hall–Kier alpha value is -1.67. The molecular formula is C16H20BrN3O3S. The van der Waals surface area contributed by atoms with Gasteiger partial charge in [0.15, 0.2) is 5.03 Å². The highest BCUT2D eigenvalue weighted by atomic mass is 79.9. The fraction of sp³-hybridized carbons (Fsp3) is 0.375. The molecule has 1 amide bonds. The van der Waals surface area contributed by atoms with Crippen LogP contribution in [0.4, 0.5) is 4.79 Å². The molecule has 2 aromatic rings. The highest BCUT2D eigenvalue weighted by Crippen LogP contribution is 2.30. The SMILES string of the molecule is CCN(CC)C(=O)n1cc(Br)c(S(=O)(=O)c2c(C)cccc2C)n1. The molecule has 0 fully saturated rings. The summed E-state index contributed by atoms with van der Waals surface area (Å²) >= 11 is 3.23. The molecule has 0 saturated heterocycles. The van der Waals surface area contributed by atoms with Crippen molar-refractivity contribution in [2.45, 2.75) is 37.6 Å². The van der Waals surface area contributed by atoms with E-state index in [0.29, 0.717) is 24.2 Å². The molecule has 0 aliphatic rings. The van der Waals surface area contributed by atoms with Gasteiger partial charge in [0.1, 0.15) is 0 Å². The minimum atomic E-state index is -3.83. The number of carbonyl (C=O) groups is 1. The first-order chi connectivity index (χ1) is 11.2. The fourth-order valence-electron chi connectivity index (χ4n) is 2.58. The number of hydrogen-bond acceptors (Lipinski definition) is 4. The van der Waals surface area contributed by atoms with Gasteiger partial charge in [-0.15, -0.1) is 0 Å². The van der Waals surface area contributed by atoms with Gasteiger partial charge in [-0.2, -0.15) is 9.78 Å². The molecule has 0 aliphatic heterocycles. The Morgan fingerprint density at radius 3 is 2.25 bits per heavy atom. The van der Waals surface area contributed by atoms with Crippen molar-refractivity contribution in [2.24, 2.45) is 0 Å².